The quantitative estimate of drug-likeness (QED) is 0.602. The lowest BCUT2D eigenvalue weighted by molar-refractivity contribution is 0.0941. The molecule has 0 spiro atoms. The van der Waals surface area contributed by atoms with E-state index in [4.69, 9.17) is 11.6 Å². The van der Waals surface area contributed by atoms with E-state index in [1.165, 1.54) is 6.07 Å². The van der Waals surface area contributed by atoms with E-state index >= 15 is 0 Å². The van der Waals surface area contributed by atoms with Gasteiger partial charge in [0.25, 0.3) is 5.91 Å². The van der Waals surface area contributed by atoms with Gasteiger partial charge in [-0.3, -0.25) is 10.2 Å². The molecule has 0 fully saturated rings. The summed E-state index contributed by atoms with van der Waals surface area (Å²) in [6.45, 7) is 0. The number of urea groups is 1. The number of carbonyl (C=O) groups excluding carboxylic acids is 2. The first-order chi connectivity index (χ1) is 6.66. The third-order valence-corrected chi connectivity index (χ3v) is 2.00. The predicted molar refractivity (Wildman–Crippen MR) is 51.1 cm³/mol. The van der Waals surface area contributed by atoms with Gasteiger partial charge < -0.3 is 5.32 Å². The molecule has 0 radical (unpaired) electrons. The molecule has 72 valence electrons. The van der Waals surface area contributed by atoms with Crippen molar-refractivity contribution in [3.63, 3.8) is 0 Å². The summed E-state index contributed by atoms with van der Waals surface area (Å²) in [5, 5.41) is 2.93. The van der Waals surface area contributed by atoms with Crippen LogP contribution in [-0.2, 0) is 0 Å². The highest BCUT2D eigenvalue weighted by Crippen LogP contribution is 2.21. The molecular weight excluding hydrogens is 206 g/mol. The molecule has 5 nitrogen and oxygen atoms in total. The Hall–Kier alpha value is -1.75. The van der Waals surface area contributed by atoms with Gasteiger partial charge in [-0.15, -0.1) is 0 Å². The molecule has 1 aromatic rings. The van der Waals surface area contributed by atoms with Gasteiger partial charge in [-0.05, 0) is 18.2 Å². The van der Waals surface area contributed by atoms with Crippen LogP contribution < -0.4 is 16.2 Å². The third-order valence-electron chi connectivity index (χ3n) is 1.76. The van der Waals surface area contributed by atoms with Crippen LogP contribution in [0.1, 0.15) is 10.4 Å². The molecule has 1 aromatic carbocycles. The third kappa shape index (κ3) is 1.49. The minimum absolute atomic E-state index is 0.329. The van der Waals surface area contributed by atoms with Crippen molar-refractivity contribution in [2.24, 2.45) is 0 Å². The fraction of sp³-hybridized carbons (Fsp3) is 0. The van der Waals surface area contributed by atoms with Crippen molar-refractivity contribution in [2.75, 3.05) is 5.32 Å². The number of fused-ring (bicyclic) bond motifs is 1. The Morgan fingerprint density at radius 3 is 2.71 bits per heavy atom. The van der Waals surface area contributed by atoms with Crippen LogP contribution in [0, 0.1) is 0 Å². The van der Waals surface area contributed by atoms with E-state index < -0.39 is 11.9 Å². The smallest absolute Gasteiger partial charge is 0.306 e. The number of hydrogen-bond donors (Lipinski definition) is 3. The monoisotopic (exact) mass is 211 g/mol. The van der Waals surface area contributed by atoms with Gasteiger partial charge in [0.05, 0.1) is 11.3 Å². The molecule has 0 atom stereocenters. The molecular formula is C8H6ClN3O2. The number of halogens is 1. The summed E-state index contributed by atoms with van der Waals surface area (Å²) in [6.07, 6.45) is 0. The van der Waals surface area contributed by atoms with Crippen molar-refractivity contribution in [3.8, 4) is 0 Å². The molecule has 0 saturated carbocycles. The molecule has 1 aliphatic heterocycles. The second kappa shape index (κ2) is 3.19. The molecule has 6 heteroatoms. The topological polar surface area (TPSA) is 70.2 Å². The highest BCUT2D eigenvalue weighted by atomic mass is 35.5. The van der Waals surface area contributed by atoms with Crippen molar-refractivity contribution in [3.05, 3.63) is 28.8 Å². The standard InChI is InChI=1S/C8H6ClN3O2/c9-4-1-2-6-5(3-4)7(13)11-12-8(14)10-6/h1-3H,(H,11,13)(H2,10,12,14). The SMILES string of the molecule is O=C1NNC(=O)c2cc(Cl)ccc2N1. The normalized spacial score (nSPS) is 14.6. The van der Waals surface area contributed by atoms with Gasteiger partial charge in [0.2, 0.25) is 0 Å². The van der Waals surface area contributed by atoms with Crippen molar-refractivity contribution < 1.29 is 9.59 Å². The van der Waals surface area contributed by atoms with Gasteiger partial charge in [0.1, 0.15) is 0 Å². The number of carbonyl (C=O) groups is 2. The number of amides is 3. The summed E-state index contributed by atoms with van der Waals surface area (Å²) in [6, 6.07) is 4.17. The first-order valence-electron chi connectivity index (χ1n) is 3.84. The molecule has 0 aliphatic carbocycles. The van der Waals surface area contributed by atoms with Gasteiger partial charge >= 0.3 is 6.03 Å². The van der Waals surface area contributed by atoms with E-state index in [-0.39, 0.29) is 0 Å². The maximum atomic E-state index is 11.4. The van der Waals surface area contributed by atoms with Gasteiger partial charge in [-0.2, -0.15) is 0 Å². The molecule has 1 aliphatic rings. The number of rotatable bonds is 0. The zero-order valence-electron chi connectivity index (χ0n) is 6.93. The maximum absolute atomic E-state index is 11.4. The Bertz CT molecular complexity index is 419. The summed E-state index contributed by atoms with van der Waals surface area (Å²) in [7, 11) is 0. The average molecular weight is 212 g/mol. The Kier molecular flexibility index (Phi) is 2.01. The average Bonchev–Trinajstić information content (AvgIpc) is 2.29. The van der Waals surface area contributed by atoms with Crippen molar-refractivity contribution >= 4 is 29.2 Å². The van der Waals surface area contributed by atoms with Crippen molar-refractivity contribution in [1.29, 1.82) is 0 Å². The van der Waals surface area contributed by atoms with E-state index in [1.807, 2.05) is 0 Å². The Labute approximate surface area is 84.4 Å². The second-order valence-corrected chi connectivity index (χ2v) is 3.16. The Morgan fingerprint density at radius 2 is 1.93 bits per heavy atom. The van der Waals surface area contributed by atoms with Gasteiger partial charge in [0, 0.05) is 5.02 Å². The summed E-state index contributed by atoms with van der Waals surface area (Å²) in [4.78, 5) is 22.4. The van der Waals surface area contributed by atoms with Gasteiger partial charge in [-0.1, -0.05) is 11.6 Å². The molecule has 3 N–H and O–H groups in total. The van der Waals surface area contributed by atoms with E-state index in [0.29, 0.717) is 16.3 Å². The molecule has 3 amide bonds. The lowest BCUT2D eigenvalue weighted by atomic mass is 10.1. The van der Waals surface area contributed by atoms with E-state index in [2.05, 4.69) is 16.2 Å². The zero-order chi connectivity index (χ0) is 10.1. The molecule has 14 heavy (non-hydrogen) atoms. The highest BCUT2D eigenvalue weighted by molar-refractivity contribution is 6.31. The van der Waals surface area contributed by atoms with E-state index in [9.17, 15) is 9.59 Å². The lowest BCUT2D eigenvalue weighted by Crippen LogP contribution is -2.40. The summed E-state index contributed by atoms with van der Waals surface area (Å²) >= 11 is 5.72. The molecule has 1 heterocycles. The highest BCUT2D eigenvalue weighted by Gasteiger charge is 2.18. The van der Waals surface area contributed by atoms with Crippen molar-refractivity contribution in [2.45, 2.75) is 0 Å². The Balaban J connectivity index is 2.52. The predicted octanol–water partition coefficient (Wildman–Crippen LogP) is 1.12. The molecule has 0 bridgehead atoms. The molecule has 0 saturated heterocycles. The number of benzene rings is 1. The lowest BCUT2D eigenvalue weighted by Gasteiger charge is -2.03. The Morgan fingerprint density at radius 1 is 1.14 bits per heavy atom. The fourth-order valence-electron chi connectivity index (χ4n) is 1.15. The molecule has 0 unspecified atom stereocenters. The van der Waals surface area contributed by atoms with Gasteiger partial charge in [0.15, 0.2) is 0 Å². The van der Waals surface area contributed by atoms with E-state index in [0.717, 1.165) is 0 Å². The van der Waals surface area contributed by atoms with Gasteiger partial charge in [-0.25, -0.2) is 10.2 Å². The fourth-order valence-corrected chi connectivity index (χ4v) is 1.32. The van der Waals surface area contributed by atoms with Crippen LogP contribution in [0.25, 0.3) is 0 Å². The number of anilines is 1. The summed E-state index contributed by atoms with van der Waals surface area (Å²) in [5.41, 5.74) is 5.15. The number of hydrogen-bond acceptors (Lipinski definition) is 2. The minimum Gasteiger partial charge on any atom is -0.306 e. The van der Waals surface area contributed by atoms with Crippen LogP contribution in [0.15, 0.2) is 18.2 Å². The number of nitrogens with one attached hydrogen (secondary N) is 3. The van der Waals surface area contributed by atoms with Crippen LogP contribution in [-0.4, -0.2) is 11.9 Å². The van der Waals surface area contributed by atoms with Crippen LogP contribution in [0.3, 0.4) is 0 Å². The summed E-state index contributed by atoms with van der Waals surface area (Å²) in [5.74, 6) is -0.402. The van der Waals surface area contributed by atoms with E-state index in [1.54, 1.807) is 12.1 Å². The first kappa shape index (κ1) is 8.83. The largest absolute Gasteiger partial charge is 0.337 e. The van der Waals surface area contributed by atoms with Crippen LogP contribution in [0.2, 0.25) is 5.02 Å². The molecule has 0 aromatic heterocycles. The second-order valence-electron chi connectivity index (χ2n) is 2.72. The first-order valence-corrected chi connectivity index (χ1v) is 4.21. The van der Waals surface area contributed by atoms with Crippen LogP contribution in [0.5, 0.6) is 0 Å². The van der Waals surface area contributed by atoms with Crippen LogP contribution in [0.4, 0.5) is 10.5 Å². The summed E-state index contributed by atoms with van der Waals surface area (Å²) < 4.78 is 0. The van der Waals surface area contributed by atoms with Crippen molar-refractivity contribution in [1.82, 2.24) is 10.9 Å². The molecule has 2 rings (SSSR count). The number of hydrazine groups is 1. The maximum Gasteiger partial charge on any atom is 0.337 e. The van der Waals surface area contributed by atoms with Crippen LogP contribution >= 0.6 is 11.6 Å². The zero-order valence-corrected chi connectivity index (χ0v) is 7.68. The minimum atomic E-state index is -0.487.